The summed E-state index contributed by atoms with van der Waals surface area (Å²) in [5, 5.41) is 20.4. The number of hydrogen-bond acceptors (Lipinski definition) is 7. The van der Waals surface area contributed by atoms with E-state index in [0.29, 0.717) is 34.3 Å². The highest BCUT2D eigenvalue weighted by Gasteiger charge is 2.20. The number of aryl methyl sites for hydroxylation is 1. The predicted molar refractivity (Wildman–Crippen MR) is 171 cm³/mol. The molecule has 4 heterocycles. The maximum atomic E-state index is 14.2. The first-order valence-electron chi connectivity index (χ1n) is 14.4. The third-order valence-electron chi connectivity index (χ3n) is 7.42. The van der Waals surface area contributed by atoms with Crippen molar-refractivity contribution in [3.63, 3.8) is 0 Å². The molecule has 0 amide bonds. The summed E-state index contributed by atoms with van der Waals surface area (Å²) in [6, 6.07) is 17.1. The Bertz CT molecular complexity index is 2160. The third-order valence-corrected chi connectivity index (χ3v) is 9.12. The maximum Gasteiger partial charge on any atom is 0.281 e. The van der Waals surface area contributed by atoms with Gasteiger partial charge in [0.25, 0.3) is 12.0 Å². The number of alkyl halides is 2. The standard InChI is InChI=1S/C32H31F2N7O3Si/c1-39-16-21-13-23(6-7-25(21)37-39)41-32(42)30(31-26(38-41)8-10-29(36-31)44-18-28(33)34)20-5-9-27-24(14-20)22(15-35)17-40(27)19-43-11-12-45(2,3)4/h5-10,13-14,16-17,28H,11-12,18-19H2,1-4H3. The van der Waals surface area contributed by atoms with Crippen LogP contribution in [0.1, 0.15) is 5.56 Å². The van der Waals surface area contributed by atoms with Crippen molar-refractivity contribution < 1.29 is 18.3 Å². The number of nitriles is 1. The van der Waals surface area contributed by atoms with Crippen LogP contribution in [0.2, 0.25) is 25.7 Å². The first kappa shape index (κ1) is 30.1. The van der Waals surface area contributed by atoms with E-state index in [1.165, 1.54) is 10.7 Å². The Morgan fingerprint density at radius 2 is 1.82 bits per heavy atom. The zero-order valence-corrected chi connectivity index (χ0v) is 26.3. The van der Waals surface area contributed by atoms with Gasteiger partial charge in [-0.25, -0.2) is 13.8 Å². The van der Waals surface area contributed by atoms with E-state index in [1.807, 2.05) is 36.0 Å². The van der Waals surface area contributed by atoms with Crippen LogP contribution < -0.4 is 10.3 Å². The van der Waals surface area contributed by atoms with Crippen molar-refractivity contribution in [2.45, 2.75) is 38.8 Å². The Kier molecular flexibility index (Phi) is 7.94. The van der Waals surface area contributed by atoms with E-state index in [9.17, 15) is 18.8 Å². The van der Waals surface area contributed by atoms with Gasteiger partial charge in [0.05, 0.1) is 27.8 Å². The zero-order chi connectivity index (χ0) is 31.9. The molecule has 0 saturated heterocycles. The number of benzene rings is 2. The molecule has 0 bridgehead atoms. The largest absolute Gasteiger partial charge is 0.472 e. The predicted octanol–water partition coefficient (Wildman–Crippen LogP) is 6.12. The summed E-state index contributed by atoms with van der Waals surface area (Å²) in [5.41, 5.74) is 3.24. The molecule has 0 unspecified atom stereocenters. The fraction of sp³-hybridized carbons (Fsp3) is 0.281. The van der Waals surface area contributed by atoms with Gasteiger partial charge in [0, 0.05) is 51.0 Å². The molecule has 10 nitrogen and oxygen atoms in total. The summed E-state index contributed by atoms with van der Waals surface area (Å²) in [7, 11) is 0.555. The van der Waals surface area contributed by atoms with Crippen molar-refractivity contribution in [1.29, 1.82) is 5.26 Å². The Morgan fingerprint density at radius 3 is 2.58 bits per heavy atom. The lowest BCUT2D eigenvalue weighted by molar-refractivity contribution is 0.0798. The van der Waals surface area contributed by atoms with E-state index >= 15 is 0 Å². The van der Waals surface area contributed by atoms with E-state index in [4.69, 9.17) is 9.47 Å². The average Bonchev–Trinajstić information content (AvgIpc) is 3.55. The van der Waals surface area contributed by atoms with Crippen LogP contribution in [0.3, 0.4) is 0 Å². The fourth-order valence-corrected chi connectivity index (χ4v) is 5.94. The number of aromatic nitrogens is 6. The van der Waals surface area contributed by atoms with Gasteiger partial charge in [-0.2, -0.15) is 20.1 Å². The van der Waals surface area contributed by atoms with Crippen LogP contribution >= 0.6 is 0 Å². The normalized spacial score (nSPS) is 12.0. The first-order valence-corrected chi connectivity index (χ1v) is 18.1. The summed E-state index contributed by atoms with van der Waals surface area (Å²) in [5.74, 6) is -0.0554. The molecule has 13 heteroatoms. The molecule has 0 spiro atoms. The van der Waals surface area contributed by atoms with Gasteiger partial charge in [0.15, 0.2) is 6.61 Å². The van der Waals surface area contributed by atoms with Crippen LogP contribution in [0.25, 0.3) is 49.7 Å². The average molecular weight is 628 g/mol. The molecule has 4 aromatic heterocycles. The summed E-state index contributed by atoms with van der Waals surface area (Å²) in [6.07, 6.45) is 0.895. The van der Waals surface area contributed by atoms with Gasteiger partial charge in [-0.15, -0.1) is 0 Å². The molecule has 2 aromatic carbocycles. The van der Waals surface area contributed by atoms with Crippen LogP contribution in [0, 0.1) is 11.3 Å². The lowest BCUT2D eigenvalue weighted by atomic mass is 10.0. The molecule has 0 aliphatic rings. The summed E-state index contributed by atoms with van der Waals surface area (Å²) < 4.78 is 41.8. The second kappa shape index (κ2) is 11.9. The van der Waals surface area contributed by atoms with Crippen molar-refractivity contribution >= 4 is 40.9 Å². The van der Waals surface area contributed by atoms with Gasteiger partial charge in [-0.05, 0) is 48.0 Å². The molecule has 6 aromatic rings. The number of ether oxygens (including phenoxy) is 2. The Labute approximate surface area is 258 Å². The number of fused-ring (bicyclic) bond motifs is 3. The fourth-order valence-electron chi connectivity index (χ4n) is 5.18. The van der Waals surface area contributed by atoms with Gasteiger partial charge < -0.3 is 14.0 Å². The molecule has 0 N–H and O–H groups in total. The second-order valence-electron chi connectivity index (χ2n) is 12.1. The summed E-state index contributed by atoms with van der Waals surface area (Å²) in [4.78, 5) is 18.7. The van der Waals surface area contributed by atoms with Crippen molar-refractivity contribution in [1.82, 2.24) is 29.1 Å². The number of nitrogens with zero attached hydrogens (tertiary/aromatic N) is 7. The first-order chi connectivity index (χ1) is 21.5. The molecular weight excluding hydrogens is 596 g/mol. The molecular formula is C32H31F2N7O3Si. The van der Waals surface area contributed by atoms with E-state index in [1.54, 1.807) is 35.1 Å². The Hall–Kier alpha value is -4.93. The Morgan fingerprint density at radius 1 is 1.02 bits per heavy atom. The molecule has 0 radical (unpaired) electrons. The molecule has 0 atom stereocenters. The number of rotatable bonds is 10. The smallest absolute Gasteiger partial charge is 0.281 e. The SMILES string of the molecule is Cn1cc2cc(-n3nc4ccc(OCC(F)F)nc4c(-c4ccc5c(c4)c(C#N)cn5COCC[Si](C)(C)C)c3=O)ccc2n1. The van der Waals surface area contributed by atoms with Crippen LogP contribution in [0.4, 0.5) is 8.78 Å². The monoisotopic (exact) mass is 627 g/mol. The minimum atomic E-state index is -2.69. The summed E-state index contributed by atoms with van der Waals surface area (Å²) >= 11 is 0. The molecule has 0 fully saturated rings. The van der Waals surface area contributed by atoms with Crippen LogP contribution in [-0.2, 0) is 18.5 Å². The lowest BCUT2D eigenvalue weighted by Crippen LogP contribution is -2.23. The van der Waals surface area contributed by atoms with Crippen LogP contribution in [0.5, 0.6) is 5.88 Å². The highest BCUT2D eigenvalue weighted by Crippen LogP contribution is 2.31. The number of hydrogen-bond donors (Lipinski definition) is 0. The minimum Gasteiger partial charge on any atom is -0.472 e. The van der Waals surface area contributed by atoms with Crippen LogP contribution in [0.15, 0.2) is 65.7 Å². The lowest BCUT2D eigenvalue weighted by Gasteiger charge is -2.16. The van der Waals surface area contributed by atoms with Crippen molar-refractivity contribution in [3.8, 4) is 28.8 Å². The van der Waals surface area contributed by atoms with E-state index in [2.05, 4.69) is 40.9 Å². The van der Waals surface area contributed by atoms with E-state index in [-0.39, 0.29) is 23.7 Å². The number of pyridine rings is 1. The molecule has 0 aliphatic heterocycles. The molecule has 45 heavy (non-hydrogen) atoms. The molecule has 0 aliphatic carbocycles. The van der Waals surface area contributed by atoms with Crippen LogP contribution in [-0.4, -0.2) is 56.8 Å². The Balaban J connectivity index is 1.50. The van der Waals surface area contributed by atoms with Gasteiger partial charge in [0.2, 0.25) is 5.88 Å². The van der Waals surface area contributed by atoms with Gasteiger partial charge in [-0.3, -0.25) is 9.48 Å². The van der Waals surface area contributed by atoms with Gasteiger partial charge in [0.1, 0.15) is 23.8 Å². The highest BCUT2D eigenvalue weighted by molar-refractivity contribution is 6.76. The quantitative estimate of drug-likeness (QED) is 0.133. The van der Waals surface area contributed by atoms with Crippen molar-refractivity contribution in [3.05, 3.63) is 76.8 Å². The molecule has 6 rings (SSSR count). The minimum absolute atomic E-state index is 0.0554. The molecule has 0 saturated carbocycles. The number of halogens is 2. The van der Waals surface area contributed by atoms with E-state index < -0.39 is 26.7 Å². The van der Waals surface area contributed by atoms with Gasteiger partial charge >= 0.3 is 0 Å². The topological polar surface area (TPSA) is 113 Å². The zero-order valence-electron chi connectivity index (χ0n) is 25.3. The summed E-state index contributed by atoms with van der Waals surface area (Å²) in [6.45, 7) is 6.93. The highest BCUT2D eigenvalue weighted by atomic mass is 28.3. The van der Waals surface area contributed by atoms with Crippen molar-refractivity contribution in [2.75, 3.05) is 13.2 Å². The second-order valence-corrected chi connectivity index (χ2v) is 17.7. The maximum absolute atomic E-state index is 14.2. The molecule has 230 valence electrons. The van der Waals surface area contributed by atoms with E-state index in [0.717, 1.165) is 22.5 Å². The third kappa shape index (κ3) is 6.20. The van der Waals surface area contributed by atoms with Gasteiger partial charge in [-0.1, -0.05) is 25.7 Å². The van der Waals surface area contributed by atoms with Crippen molar-refractivity contribution in [2.24, 2.45) is 7.05 Å².